The summed E-state index contributed by atoms with van der Waals surface area (Å²) >= 11 is 0. The highest BCUT2D eigenvalue weighted by molar-refractivity contribution is 5.96. The van der Waals surface area contributed by atoms with Gasteiger partial charge in [0.1, 0.15) is 25.1 Å². The molecular weight excluding hydrogens is 526 g/mol. The van der Waals surface area contributed by atoms with Crippen molar-refractivity contribution in [2.75, 3.05) is 24.8 Å². The predicted molar refractivity (Wildman–Crippen MR) is 166 cm³/mol. The van der Waals surface area contributed by atoms with Gasteiger partial charge in [-0.15, -0.1) is 0 Å². The Morgan fingerprint density at radius 2 is 1.50 bits per heavy atom. The van der Waals surface area contributed by atoms with E-state index in [-0.39, 0.29) is 35.4 Å². The Kier molecular flexibility index (Phi) is 9.59. The highest BCUT2D eigenvalue weighted by Crippen LogP contribution is 2.37. The lowest BCUT2D eigenvalue weighted by Gasteiger charge is -2.44. The highest BCUT2D eigenvalue weighted by atomic mass is 16.5. The largest absolute Gasteiger partial charge is 0.493 e. The van der Waals surface area contributed by atoms with Crippen LogP contribution in [0, 0.1) is 0 Å². The molecule has 1 aliphatic heterocycles. The standard InChI is InChI=1S/C35H39N3O4/c1-3-5-14-22-36-26-38(32(28-17-10-7-11-18-28)29-19-12-13-20-31(29)41-24-4-2)37-23-21-30(39)34(33(37)35(36)40)42-25-27-15-8-6-9-16-27/h6-13,15-21,23,32H,3-5,14,22,24-26H2,1-2H3/t32-/m0/s1. The van der Waals surface area contributed by atoms with Crippen molar-refractivity contribution in [2.24, 2.45) is 0 Å². The minimum absolute atomic E-state index is 0.0684. The molecule has 0 bridgehead atoms. The molecule has 2 heterocycles. The van der Waals surface area contributed by atoms with Gasteiger partial charge in [-0.05, 0) is 30.0 Å². The van der Waals surface area contributed by atoms with Gasteiger partial charge >= 0.3 is 0 Å². The maximum Gasteiger partial charge on any atom is 0.277 e. The monoisotopic (exact) mass is 565 g/mol. The van der Waals surface area contributed by atoms with E-state index in [0.717, 1.165) is 48.1 Å². The molecule has 0 radical (unpaired) electrons. The van der Waals surface area contributed by atoms with Gasteiger partial charge in [-0.2, -0.15) is 0 Å². The smallest absolute Gasteiger partial charge is 0.277 e. The topological polar surface area (TPSA) is 64.0 Å². The first-order chi connectivity index (χ1) is 20.6. The van der Waals surface area contributed by atoms with E-state index < -0.39 is 0 Å². The van der Waals surface area contributed by atoms with Crippen LogP contribution in [0.15, 0.2) is 102 Å². The predicted octanol–water partition coefficient (Wildman–Crippen LogP) is 6.55. The summed E-state index contributed by atoms with van der Waals surface area (Å²) in [6.45, 7) is 5.95. The lowest BCUT2D eigenvalue weighted by atomic mass is 9.97. The summed E-state index contributed by atoms with van der Waals surface area (Å²) < 4.78 is 14.2. The summed E-state index contributed by atoms with van der Waals surface area (Å²) in [7, 11) is 0. The molecule has 218 valence electrons. The molecule has 0 unspecified atom stereocenters. The van der Waals surface area contributed by atoms with Crippen LogP contribution in [-0.4, -0.2) is 35.3 Å². The Morgan fingerprint density at radius 3 is 2.24 bits per heavy atom. The van der Waals surface area contributed by atoms with Gasteiger partial charge in [0.15, 0.2) is 11.4 Å². The van der Waals surface area contributed by atoms with Crippen LogP contribution in [0.3, 0.4) is 0 Å². The number of pyridine rings is 1. The molecule has 1 atom stereocenters. The van der Waals surface area contributed by atoms with Gasteiger partial charge in [0.2, 0.25) is 5.43 Å². The third kappa shape index (κ3) is 6.35. The second-order valence-electron chi connectivity index (χ2n) is 10.5. The number of nitrogens with zero attached hydrogens (tertiary/aromatic N) is 3. The fourth-order valence-electron chi connectivity index (χ4n) is 5.37. The number of benzene rings is 3. The molecule has 5 rings (SSSR count). The molecule has 0 fully saturated rings. The van der Waals surface area contributed by atoms with E-state index in [1.807, 2.05) is 76.3 Å². The van der Waals surface area contributed by atoms with E-state index in [1.165, 1.54) is 6.07 Å². The number of hydrogen-bond acceptors (Lipinski definition) is 5. The fraction of sp³-hybridized carbons (Fsp3) is 0.314. The number of ether oxygens (including phenoxy) is 2. The van der Waals surface area contributed by atoms with Crippen LogP contribution in [0.25, 0.3) is 0 Å². The average Bonchev–Trinajstić information content (AvgIpc) is 3.03. The second-order valence-corrected chi connectivity index (χ2v) is 10.5. The van der Waals surface area contributed by atoms with Crippen molar-refractivity contribution < 1.29 is 14.3 Å². The van der Waals surface area contributed by atoms with Crippen LogP contribution in [0.5, 0.6) is 11.5 Å². The molecule has 4 aromatic rings. The van der Waals surface area contributed by atoms with Gasteiger partial charge in [0.25, 0.3) is 5.91 Å². The van der Waals surface area contributed by atoms with E-state index in [9.17, 15) is 9.59 Å². The van der Waals surface area contributed by atoms with E-state index in [4.69, 9.17) is 9.47 Å². The number of aromatic nitrogens is 1. The first kappa shape index (κ1) is 29.0. The van der Waals surface area contributed by atoms with Crippen LogP contribution in [0.2, 0.25) is 0 Å². The van der Waals surface area contributed by atoms with Crippen molar-refractivity contribution in [3.05, 3.63) is 130 Å². The van der Waals surface area contributed by atoms with Crippen LogP contribution in [0.1, 0.15) is 72.8 Å². The molecule has 0 spiro atoms. The quantitative estimate of drug-likeness (QED) is 0.172. The fourth-order valence-corrected chi connectivity index (χ4v) is 5.37. The maximum absolute atomic E-state index is 14.1. The molecule has 7 nitrogen and oxygen atoms in total. The van der Waals surface area contributed by atoms with Crippen molar-refractivity contribution in [1.82, 2.24) is 9.58 Å². The molecule has 0 N–H and O–H groups in total. The lowest BCUT2D eigenvalue weighted by Crippen LogP contribution is -2.55. The number of carbonyl (C=O) groups is 1. The zero-order chi connectivity index (χ0) is 29.3. The van der Waals surface area contributed by atoms with Gasteiger partial charge in [0.05, 0.1) is 6.61 Å². The summed E-state index contributed by atoms with van der Waals surface area (Å²) in [6.07, 6.45) is 5.51. The number of hydrogen-bond donors (Lipinski definition) is 0. The van der Waals surface area contributed by atoms with Gasteiger partial charge in [-0.1, -0.05) is 106 Å². The molecule has 1 aliphatic rings. The third-order valence-electron chi connectivity index (χ3n) is 7.46. The average molecular weight is 566 g/mol. The van der Waals surface area contributed by atoms with E-state index in [1.54, 1.807) is 6.20 Å². The minimum atomic E-state index is -0.316. The molecule has 7 heteroatoms. The van der Waals surface area contributed by atoms with Gasteiger partial charge in [-0.3, -0.25) is 19.3 Å². The number of unbranched alkanes of at least 4 members (excludes halogenated alkanes) is 2. The number of para-hydroxylation sites is 1. The third-order valence-corrected chi connectivity index (χ3v) is 7.46. The summed E-state index contributed by atoms with van der Waals surface area (Å²) in [5.74, 6) is 0.662. The first-order valence-corrected chi connectivity index (χ1v) is 14.9. The SMILES string of the molecule is CCCCCN1CN([C@@H](c2ccccc2)c2ccccc2OCCC)n2ccc(=O)c(OCc3ccccc3)c2C1=O. The summed E-state index contributed by atoms with van der Waals surface area (Å²) in [5, 5.41) is 2.14. The zero-order valence-corrected chi connectivity index (χ0v) is 24.4. The number of amides is 1. The molecule has 3 aromatic carbocycles. The molecule has 0 aliphatic carbocycles. The summed E-state index contributed by atoms with van der Waals surface area (Å²) in [6, 6.07) is 29.1. The molecule has 1 amide bonds. The van der Waals surface area contributed by atoms with E-state index in [0.29, 0.717) is 19.8 Å². The highest BCUT2D eigenvalue weighted by Gasteiger charge is 2.37. The van der Waals surface area contributed by atoms with Crippen LogP contribution >= 0.6 is 0 Å². The summed E-state index contributed by atoms with van der Waals surface area (Å²) in [4.78, 5) is 29.2. The first-order valence-electron chi connectivity index (χ1n) is 14.9. The molecular formula is C35H39N3O4. The number of rotatable bonds is 13. The molecule has 0 saturated carbocycles. The zero-order valence-electron chi connectivity index (χ0n) is 24.4. The Morgan fingerprint density at radius 1 is 0.786 bits per heavy atom. The lowest BCUT2D eigenvalue weighted by molar-refractivity contribution is 0.0673. The van der Waals surface area contributed by atoms with Crippen molar-refractivity contribution in [2.45, 2.75) is 52.2 Å². The van der Waals surface area contributed by atoms with Gasteiger partial charge < -0.3 is 14.4 Å². The Bertz CT molecular complexity index is 1520. The van der Waals surface area contributed by atoms with Gasteiger partial charge in [-0.25, -0.2) is 0 Å². The van der Waals surface area contributed by atoms with Crippen LogP contribution in [-0.2, 0) is 6.61 Å². The minimum Gasteiger partial charge on any atom is -0.493 e. The van der Waals surface area contributed by atoms with Crippen molar-refractivity contribution in [3.8, 4) is 11.5 Å². The van der Waals surface area contributed by atoms with Crippen molar-refractivity contribution >= 4 is 5.91 Å². The van der Waals surface area contributed by atoms with Crippen LogP contribution < -0.4 is 19.9 Å². The number of carbonyl (C=O) groups excluding carboxylic acids is 1. The van der Waals surface area contributed by atoms with Crippen molar-refractivity contribution in [1.29, 1.82) is 0 Å². The molecule has 42 heavy (non-hydrogen) atoms. The molecule has 0 saturated heterocycles. The van der Waals surface area contributed by atoms with Crippen molar-refractivity contribution in [3.63, 3.8) is 0 Å². The Hall–Kier alpha value is -4.52. The summed E-state index contributed by atoms with van der Waals surface area (Å²) in [5.41, 5.74) is 2.88. The maximum atomic E-state index is 14.1. The van der Waals surface area contributed by atoms with Gasteiger partial charge in [0, 0.05) is 24.4 Å². The normalized spacial score (nSPS) is 13.5. The van der Waals surface area contributed by atoms with Crippen LogP contribution in [0.4, 0.5) is 0 Å². The second kappa shape index (κ2) is 13.9. The Balaban J connectivity index is 1.65. The number of fused-ring (bicyclic) bond motifs is 1. The van der Waals surface area contributed by atoms with E-state index >= 15 is 0 Å². The Labute approximate surface area is 247 Å². The van der Waals surface area contributed by atoms with E-state index in [2.05, 4.69) is 37.1 Å². The molecule has 1 aromatic heterocycles.